The molecule has 4 N–H and O–H groups in total. The van der Waals surface area contributed by atoms with Gasteiger partial charge in [-0.15, -0.1) is 11.3 Å². The highest BCUT2D eigenvalue weighted by Gasteiger charge is 2.27. The van der Waals surface area contributed by atoms with Crippen LogP contribution < -0.4 is 16.0 Å². The number of nitrogens with one attached hydrogen (secondary N) is 2. The second-order valence-electron chi connectivity index (χ2n) is 7.68. The van der Waals surface area contributed by atoms with Crippen LogP contribution in [0.2, 0.25) is 0 Å². The molecule has 3 rings (SSSR count). The quantitative estimate of drug-likeness (QED) is 0.696. The molecular weight excluding hydrogens is 370 g/mol. The van der Waals surface area contributed by atoms with Crippen molar-refractivity contribution in [1.82, 2.24) is 10.6 Å². The molecule has 0 bridgehead atoms. The van der Waals surface area contributed by atoms with E-state index in [4.69, 9.17) is 0 Å². The van der Waals surface area contributed by atoms with Crippen LogP contribution >= 0.6 is 11.3 Å². The number of rotatable bonds is 6. The van der Waals surface area contributed by atoms with E-state index in [9.17, 15) is 9.59 Å². The first kappa shape index (κ1) is 20.6. The van der Waals surface area contributed by atoms with Crippen molar-refractivity contribution in [3.63, 3.8) is 0 Å². The molecule has 28 heavy (non-hydrogen) atoms. The van der Waals surface area contributed by atoms with Crippen molar-refractivity contribution in [3.05, 3.63) is 57.8 Å². The monoisotopic (exact) mass is 400 g/mol. The van der Waals surface area contributed by atoms with Crippen molar-refractivity contribution in [2.75, 3.05) is 0 Å². The number of thiophene rings is 1. The third-order valence-electron chi connectivity index (χ3n) is 5.36. The zero-order chi connectivity index (χ0) is 19.9. The molecule has 150 valence electrons. The Labute approximate surface area is 170 Å². The lowest BCUT2D eigenvalue weighted by Crippen LogP contribution is -2.92. The maximum Gasteiger partial charge on any atom is 0.321 e. The smallest absolute Gasteiger partial charge is 0.321 e. The summed E-state index contributed by atoms with van der Waals surface area (Å²) >= 11 is 1.68. The van der Waals surface area contributed by atoms with Gasteiger partial charge in [-0.1, -0.05) is 55.2 Å². The van der Waals surface area contributed by atoms with Crippen molar-refractivity contribution in [3.8, 4) is 0 Å². The first-order chi connectivity index (χ1) is 13.5. The molecule has 1 fully saturated rings. The topological polar surface area (TPSA) is 74.8 Å². The number of quaternary nitrogens is 1. The summed E-state index contributed by atoms with van der Waals surface area (Å²) in [5.74, 6) is -0.262. The molecule has 6 heteroatoms. The molecule has 0 unspecified atom stereocenters. The highest BCUT2D eigenvalue weighted by molar-refractivity contribution is 7.10. The second-order valence-corrected chi connectivity index (χ2v) is 8.66. The van der Waals surface area contributed by atoms with Crippen molar-refractivity contribution in [2.45, 2.75) is 64.1 Å². The van der Waals surface area contributed by atoms with Crippen molar-refractivity contribution < 1.29 is 14.9 Å². The minimum atomic E-state index is -0.384. The Hall–Kier alpha value is -2.18. The van der Waals surface area contributed by atoms with Gasteiger partial charge in [0.05, 0.1) is 4.88 Å². The van der Waals surface area contributed by atoms with E-state index < -0.39 is 0 Å². The van der Waals surface area contributed by atoms with Crippen LogP contribution in [-0.2, 0) is 4.79 Å². The van der Waals surface area contributed by atoms with Crippen LogP contribution in [0.15, 0.2) is 41.8 Å². The molecule has 0 spiro atoms. The van der Waals surface area contributed by atoms with E-state index in [-0.39, 0.29) is 30.1 Å². The molecule has 0 saturated heterocycles. The minimum Gasteiger partial charge on any atom is -0.335 e. The predicted octanol–water partition coefficient (Wildman–Crippen LogP) is 3.26. The first-order valence-electron chi connectivity index (χ1n) is 10.1. The van der Waals surface area contributed by atoms with Gasteiger partial charge < -0.3 is 10.6 Å². The lowest BCUT2D eigenvalue weighted by atomic mass is 9.96. The molecule has 0 aliphatic heterocycles. The summed E-state index contributed by atoms with van der Waals surface area (Å²) in [7, 11) is 0. The summed E-state index contributed by atoms with van der Waals surface area (Å²) in [6, 6.07) is 12.0. The molecule has 2 aromatic rings. The minimum absolute atomic E-state index is 0.0303. The Kier molecular flexibility index (Phi) is 7.23. The average Bonchev–Trinajstić information content (AvgIpc) is 3.22. The highest BCUT2D eigenvalue weighted by Crippen LogP contribution is 2.23. The summed E-state index contributed by atoms with van der Waals surface area (Å²) in [4.78, 5) is 26.0. The molecular formula is C22H30N3O2S+. The Morgan fingerprint density at radius 3 is 2.46 bits per heavy atom. The first-order valence-corrected chi connectivity index (χ1v) is 11.0. The fraction of sp³-hybridized carbons (Fsp3) is 0.455. The Morgan fingerprint density at radius 1 is 1.11 bits per heavy atom. The van der Waals surface area contributed by atoms with Crippen molar-refractivity contribution in [1.29, 1.82) is 0 Å². The lowest BCUT2D eigenvalue weighted by molar-refractivity contribution is -0.704. The number of amides is 3. The SMILES string of the molecule is Cc1ccc([C@H]([NH2+][C@@H](C)C(=O)NC(=O)NC2CCCCC2)c2cccs2)cc1. The number of hydrogen-bond donors (Lipinski definition) is 3. The van der Waals surface area contributed by atoms with Gasteiger partial charge in [0.25, 0.3) is 5.91 Å². The van der Waals surface area contributed by atoms with E-state index in [1.807, 2.05) is 23.7 Å². The maximum absolute atomic E-state index is 12.6. The number of imide groups is 1. The largest absolute Gasteiger partial charge is 0.335 e. The summed E-state index contributed by atoms with van der Waals surface area (Å²) in [5.41, 5.74) is 2.36. The predicted molar refractivity (Wildman–Crippen MR) is 112 cm³/mol. The third-order valence-corrected chi connectivity index (χ3v) is 6.31. The van der Waals surface area contributed by atoms with Gasteiger partial charge in [-0.2, -0.15) is 0 Å². The van der Waals surface area contributed by atoms with Gasteiger partial charge in [0, 0.05) is 11.6 Å². The molecule has 3 amide bonds. The highest BCUT2D eigenvalue weighted by atomic mass is 32.1. The summed E-state index contributed by atoms with van der Waals surface area (Å²) in [5, 5.41) is 9.54. The number of aryl methyl sites for hydroxylation is 1. The molecule has 5 nitrogen and oxygen atoms in total. The van der Waals surface area contributed by atoms with Crippen molar-refractivity contribution in [2.24, 2.45) is 0 Å². The standard InChI is InChI=1S/C22H29N3O2S/c1-15-10-12-17(13-11-15)20(19-9-6-14-28-19)23-16(2)21(26)25-22(27)24-18-7-4-3-5-8-18/h6,9-14,16,18,20,23H,3-5,7-8H2,1-2H3,(H2,24,25,26,27)/p+1/t16-,20-/m0/s1. The summed E-state index contributed by atoms with van der Waals surface area (Å²) < 4.78 is 0. The molecule has 1 aromatic heterocycles. The lowest BCUT2D eigenvalue weighted by Gasteiger charge is -2.23. The number of urea groups is 1. The van der Waals surface area contributed by atoms with E-state index in [1.165, 1.54) is 16.9 Å². The van der Waals surface area contributed by atoms with Gasteiger partial charge in [-0.25, -0.2) is 4.79 Å². The fourth-order valence-corrected chi connectivity index (χ4v) is 4.52. The van der Waals surface area contributed by atoms with Gasteiger partial charge >= 0.3 is 6.03 Å². The van der Waals surface area contributed by atoms with Crippen LogP contribution in [0.5, 0.6) is 0 Å². The second kappa shape index (κ2) is 9.85. The van der Waals surface area contributed by atoms with E-state index in [0.29, 0.717) is 0 Å². The van der Waals surface area contributed by atoms with E-state index >= 15 is 0 Å². The molecule has 2 atom stereocenters. The Bertz CT molecular complexity index is 768. The Balaban J connectivity index is 1.61. The van der Waals surface area contributed by atoms with Crippen molar-refractivity contribution >= 4 is 23.3 Å². The number of hydrogen-bond acceptors (Lipinski definition) is 3. The van der Waals surface area contributed by atoms with Gasteiger partial charge in [0.2, 0.25) is 0 Å². The van der Waals surface area contributed by atoms with Crippen LogP contribution in [0.1, 0.15) is 61.1 Å². The van der Waals surface area contributed by atoms with Gasteiger partial charge in [-0.05, 0) is 38.1 Å². The van der Waals surface area contributed by atoms with Crippen LogP contribution in [0, 0.1) is 6.92 Å². The number of carbonyl (C=O) groups is 2. The summed E-state index contributed by atoms with van der Waals surface area (Å²) in [6.45, 7) is 3.91. The zero-order valence-electron chi connectivity index (χ0n) is 16.6. The summed E-state index contributed by atoms with van der Waals surface area (Å²) in [6.07, 6.45) is 5.51. The van der Waals surface area contributed by atoms with Crippen LogP contribution in [-0.4, -0.2) is 24.0 Å². The van der Waals surface area contributed by atoms with E-state index in [1.54, 1.807) is 11.3 Å². The number of nitrogens with two attached hydrogens (primary N) is 1. The van der Waals surface area contributed by atoms with Gasteiger partial charge in [0.1, 0.15) is 6.04 Å². The maximum atomic E-state index is 12.6. The van der Waals surface area contributed by atoms with Gasteiger partial charge in [-0.3, -0.25) is 10.1 Å². The number of carbonyl (C=O) groups excluding carboxylic acids is 2. The molecule has 1 saturated carbocycles. The Morgan fingerprint density at radius 2 is 1.82 bits per heavy atom. The fourth-order valence-electron chi connectivity index (χ4n) is 3.68. The average molecular weight is 401 g/mol. The molecule has 1 heterocycles. The normalized spacial score (nSPS) is 16.9. The molecule has 1 aromatic carbocycles. The molecule has 0 radical (unpaired) electrons. The van der Waals surface area contributed by atoms with E-state index in [2.05, 4.69) is 47.9 Å². The van der Waals surface area contributed by atoms with Crippen LogP contribution in [0.25, 0.3) is 0 Å². The zero-order valence-corrected chi connectivity index (χ0v) is 17.4. The third kappa shape index (κ3) is 5.66. The number of benzene rings is 1. The van der Waals surface area contributed by atoms with Gasteiger partial charge in [0.15, 0.2) is 6.04 Å². The molecule has 1 aliphatic rings. The van der Waals surface area contributed by atoms with E-state index in [0.717, 1.165) is 31.2 Å². The molecule has 1 aliphatic carbocycles. The van der Waals surface area contributed by atoms with Crippen LogP contribution in [0.4, 0.5) is 4.79 Å². The van der Waals surface area contributed by atoms with Crippen LogP contribution in [0.3, 0.4) is 0 Å².